The van der Waals surface area contributed by atoms with Crippen molar-refractivity contribution in [3.63, 3.8) is 0 Å². The standard InChI is InChI=1S/C24H29F6N5O/c25-23(26,27)19-15-33-22(32-14-17-5-1-2-6-20(17)36-24(28,29)30)34-21(19)31-13-16-7-9-18(10-8-16)35-11-3-4-12-35/h1-2,5-6,15-16,18H,3-4,7-14H2,(H2,31,32,33,34)/t16-,18-. The van der Waals surface area contributed by atoms with Crippen molar-refractivity contribution in [1.82, 2.24) is 14.9 Å². The minimum atomic E-state index is -4.87. The molecule has 0 bridgehead atoms. The van der Waals surface area contributed by atoms with Crippen LogP contribution >= 0.6 is 0 Å². The molecule has 1 saturated heterocycles. The van der Waals surface area contributed by atoms with Crippen LogP contribution in [-0.2, 0) is 12.7 Å². The first-order valence-electron chi connectivity index (χ1n) is 12.1. The second kappa shape index (κ2) is 11.1. The Morgan fingerprint density at radius 1 is 0.944 bits per heavy atom. The minimum absolute atomic E-state index is 0.134. The van der Waals surface area contributed by atoms with Crippen LogP contribution in [0.5, 0.6) is 5.75 Å². The van der Waals surface area contributed by atoms with E-state index in [0.717, 1.165) is 44.8 Å². The Morgan fingerprint density at radius 3 is 2.31 bits per heavy atom. The maximum Gasteiger partial charge on any atom is 0.573 e. The Labute approximate surface area is 205 Å². The molecule has 1 aliphatic heterocycles. The van der Waals surface area contributed by atoms with Crippen molar-refractivity contribution >= 4 is 11.8 Å². The van der Waals surface area contributed by atoms with Crippen molar-refractivity contribution in [2.75, 3.05) is 30.3 Å². The molecule has 12 heteroatoms. The molecular weight excluding hydrogens is 488 g/mol. The molecule has 0 unspecified atom stereocenters. The van der Waals surface area contributed by atoms with E-state index in [1.54, 1.807) is 0 Å². The van der Waals surface area contributed by atoms with Gasteiger partial charge in [-0.25, -0.2) is 4.98 Å². The Balaban J connectivity index is 1.39. The molecule has 2 N–H and O–H groups in total. The average Bonchev–Trinajstić information content (AvgIpc) is 3.36. The molecule has 4 rings (SSSR count). The molecule has 2 aliphatic rings. The van der Waals surface area contributed by atoms with E-state index < -0.39 is 23.9 Å². The Morgan fingerprint density at radius 2 is 1.64 bits per heavy atom. The topological polar surface area (TPSA) is 62.3 Å². The third-order valence-corrected chi connectivity index (χ3v) is 6.76. The lowest BCUT2D eigenvalue weighted by Gasteiger charge is -2.34. The van der Waals surface area contributed by atoms with E-state index in [1.807, 2.05) is 0 Å². The van der Waals surface area contributed by atoms with Crippen LogP contribution in [0.2, 0.25) is 0 Å². The molecule has 2 heterocycles. The van der Waals surface area contributed by atoms with Crippen molar-refractivity contribution in [1.29, 1.82) is 0 Å². The zero-order chi connectivity index (χ0) is 25.8. The van der Waals surface area contributed by atoms with Crippen molar-refractivity contribution in [2.24, 2.45) is 5.92 Å². The molecule has 2 fully saturated rings. The molecule has 0 atom stereocenters. The number of aromatic nitrogens is 2. The molecular formula is C24H29F6N5O. The third kappa shape index (κ3) is 7.14. The summed E-state index contributed by atoms with van der Waals surface area (Å²) in [4.78, 5) is 10.2. The molecule has 1 aromatic carbocycles. The quantitative estimate of drug-likeness (QED) is 0.415. The maximum atomic E-state index is 13.6. The number of hydrogen-bond donors (Lipinski definition) is 2. The van der Waals surface area contributed by atoms with Gasteiger partial charge in [-0.2, -0.15) is 18.2 Å². The summed E-state index contributed by atoms with van der Waals surface area (Å²) >= 11 is 0. The number of halogens is 6. The summed E-state index contributed by atoms with van der Waals surface area (Å²) in [7, 11) is 0. The lowest BCUT2D eigenvalue weighted by Crippen LogP contribution is -2.37. The van der Waals surface area contributed by atoms with Crippen molar-refractivity contribution in [3.8, 4) is 5.75 Å². The van der Waals surface area contributed by atoms with Gasteiger partial charge in [-0.15, -0.1) is 13.2 Å². The zero-order valence-corrected chi connectivity index (χ0v) is 19.6. The molecule has 6 nitrogen and oxygen atoms in total. The van der Waals surface area contributed by atoms with Crippen LogP contribution in [0.4, 0.5) is 38.1 Å². The average molecular weight is 518 g/mol. The highest BCUT2D eigenvalue weighted by Gasteiger charge is 2.36. The molecule has 0 radical (unpaired) electrons. The zero-order valence-electron chi connectivity index (χ0n) is 19.6. The van der Waals surface area contributed by atoms with Crippen molar-refractivity contribution in [3.05, 3.63) is 41.6 Å². The molecule has 1 aromatic heterocycles. The monoisotopic (exact) mass is 517 g/mol. The second-order valence-corrected chi connectivity index (χ2v) is 9.26. The van der Waals surface area contributed by atoms with E-state index >= 15 is 0 Å². The fourth-order valence-electron chi connectivity index (χ4n) is 4.92. The van der Waals surface area contributed by atoms with E-state index in [9.17, 15) is 26.3 Å². The predicted octanol–water partition coefficient (Wildman–Crippen LogP) is 6.07. The highest BCUT2D eigenvalue weighted by Crippen LogP contribution is 2.35. The summed E-state index contributed by atoms with van der Waals surface area (Å²) in [6.07, 6.45) is -2.45. The molecule has 36 heavy (non-hydrogen) atoms. The first kappa shape index (κ1) is 26.3. The van der Waals surface area contributed by atoms with Crippen LogP contribution in [0.3, 0.4) is 0 Å². The first-order chi connectivity index (χ1) is 17.1. The van der Waals surface area contributed by atoms with Crippen LogP contribution in [0.1, 0.15) is 49.7 Å². The smallest absolute Gasteiger partial charge is 0.405 e. The van der Waals surface area contributed by atoms with Crippen molar-refractivity contribution in [2.45, 2.75) is 63.7 Å². The summed E-state index contributed by atoms with van der Waals surface area (Å²) in [5, 5.41) is 5.56. The number of benzene rings is 1. The fraction of sp³-hybridized carbons (Fsp3) is 0.583. The number of para-hydroxylation sites is 1. The number of anilines is 2. The van der Waals surface area contributed by atoms with Gasteiger partial charge in [0.25, 0.3) is 0 Å². The maximum absolute atomic E-state index is 13.6. The number of rotatable bonds is 8. The molecule has 0 spiro atoms. The molecule has 1 saturated carbocycles. The highest BCUT2D eigenvalue weighted by molar-refractivity contribution is 5.49. The summed E-state index contributed by atoms with van der Waals surface area (Å²) in [5.74, 6) is -0.651. The van der Waals surface area contributed by atoms with Gasteiger partial charge in [-0.05, 0) is 63.6 Å². The lowest BCUT2D eigenvalue weighted by molar-refractivity contribution is -0.274. The molecule has 2 aromatic rings. The van der Waals surface area contributed by atoms with Gasteiger partial charge in [0.15, 0.2) is 0 Å². The van der Waals surface area contributed by atoms with E-state index in [0.29, 0.717) is 18.8 Å². The van der Waals surface area contributed by atoms with Gasteiger partial charge in [-0.3, -0.25) is 0 Å². The van der Waals surface area contributed by atoms with Gasteiger partial charge >= 0.3 is 12.5 Å². The van der Waals surface area contributed by atoms with Crippen LogP contribution in [0.15, 0.2) is 30.5 Å². The van der Waals surface area contributed by atoms with Crippen molar-refractivity contribution < 1.29 is 31.1 Å². The van der Waals surface area contributed by atoms with Crippen LogP contribution in [0, 0.1) is 5.92 Å². The fourth-order valence-corrected chi connectivity index (χ4v) is 4.92. The summed E-state index contributed by atoms with van der Waals surface area (Å²) in [5.41, 5.74) is -0.831. The number of likely N-dealkylation sites (tertiary alicyclic amines) is 1. The van der Waals surface area contributed by atoms with Gasteiger partial charge in [0.05, 0.1) is 0 Å². The van der Waals surface area contributed by atoms with E-state index in [1.165, 1.54) is 31.0 Å². The van der Waals surface area contributed by atoms with Crippen LogP contribution in [0.25, 0.3) is 0 Å². The van der Waals surface area contributed by atoms with Gasteiger partial charge in [0.2, 0.25) is 5.95 Å². The summed E-state index contributed by atoms with van der Waals surface area (Å²) in [6.45, 7) is 2.45. The Hall–Kier alpha value is -2.76. The van der Waals surface area contributed by atoms with Crippen LogP contribution in [-0.4, -0.2) is 46.9 Å². The number of hydrogen-bond acceptors (Lipinski definition) is 6. The van der Waals surface area contributed by atoms with Crippen LogP contribution < -0.4 is 15.4 Å². The summed E-state index contributed by atoms with van der Waals surface area (Å²) in [6, 6.07) is 6.05. The van der Waals surface area contributed by atoms with Gasteiger partial charge in [0.1, 0.15) is 17.1 Å². The Bertz CT molecular complexity index is 1000. The summed E-state index contributed by atoms with van der Waals surface area (Å²) < 4.78 is 82.6. The van der Waals surface area contributed by atoms with Gasteiger partial charge < -0.3 is 20.3 Å². The highest BCUT2D eigenvalue weighted by atomic mass is 19.4. The lowest BCUT2D eigenvalue weighted by atomic mass is 9.85. The SMILES string of the molecule is FC(F)(F)Oc1ccccc1CNc1ncc(C(F)(F)F)c(NC[C@H]2CC[C@H](N3CCCC3)CC2)n1. The second-order valence-electron chi connectivity index (χ2n) is 9.26. The molecule has 198 valence electrons. The normalized spacial score (nSPS) is 21.4. The molecule has 0 amide bonds. The van der Waals surface area contributed by atoms with E-state index in [-0.39, 0.29) is 29.8 Å². The first-order valence-corrected chi connectivity index (χ1v) is 12.1. The number of ether oxygens (including phenoxy) is 1. The third-order valence-electron chi connectivity index (χ3n) is 6.76. The number of nitrogens with one attached hydrogen (secondary N) is 2. The van der Waals surface area contributed by atoms with Gasteiger partial charge in [-0.1, -0.05) is 18.2 Å². The number of alkyl halides is 6. The minimum Gasteiger partial charge on any atom is -0.405 e. The largest absolute Gasteiger partial charge is 0.573 e. The predicted molar refractivity (Wildman–Crippen MR) is 123 cm³/mol. The van der Waals surface area contributed by atoms with Gasteiger partial charge in [0, 0.05) is 30.9 Å². The van der Waals surface area contributed by atoms with E-state index in [4.69, 9.17) is 0 Å². The Kier molecular flexibility index (Phi) is 8.11. The number of nitrogens with zero attached hydrogens (tertiary/aromatic N) is 3. The molecule has 1 aliphatic carbocycles. The van der Waals surface area contributed by atoms with E-state index in [2.05, 4.69) is 30.2 Å².